The van der Waals surface area contributed by atoms with Crippen LogP contribution in [-0.4, -0.2) is 14.7 Å². The quantitative estimate of drug-likeness (QED) is 0.159. The molecule has 110 valence electrons. The fourth-order valence-electron chi connectivity index (χ4n) is 0.441. The normalized spacial score (nSPS) is 14.0. The monoisotopic (exact) mass is 336 g/mol. The molecule has 13 N–H and O–H groups in total. The summed E-state index contributed by atoms with van der Waals surface area (Å²) in [6.07, 6.45) is 0. The van der Waals surface area contributed by atoms with Crippen molar-refractivity contribution in [1.29, 1.82) is 0 Å². The molecule has 0 unspecified atom stereocenters. The van der Waals surface area contributed by atoms with E-state index in [9.17, 15) is 14.7 Å². The Morgan fingerprint density at radius 1 is 0.500 bits per heavy atom. The van der Waals surface area contributed by atoms with E-state index < -0.39 is 24.5 Å². The Bertz CT molecular complexity index is 224. The molecule has 0 aromatic carbocycles. The molecule has 0 rings (SSSR count). The van der Waals surface area contributed by atoms with Gasteiger partial charge in [0.2, 0.25) is 0 Å². The van der Waals surface area contributed by atoms with Gasteiger partial charge in [0.15, 0.2) is 0 Å². The maximum atomic E-state index is 9.53. The predicted octanol–water partition coefficient (Wildman–Crippen LogP) is -2.52. The summed E-state index contributed by atoms with van der Waals surface area (Å²) < 4.78 is 27.5. The molecule has 0 aliphatic rings. The van der Waals surface area contributed by atoms with E-state index in [2.05, 4.69) is 61.2 Å². The first-order valence-electron chi connectivity index (χ1n) is 3.42. The van der Waals surface area contributed by atoms with E-state index in [4.69, 9.17) is 0 Å². The highest BCUT2D eigenvalue weighted by atomic mass is 31.3. The average Bonchev–Trinajstić information content (AvgIpc) is 2.38. The molecule has 0 amide bonds. The number of rotatable bonds is 9. The van der Waals surface area contributed by atoms with E-state index in [1.165, 1.54) is 0 Å². The summed E-state index contributed by atoms with van der Waals surface area (Å²) in [5.74, 6) is 22.9. The van der Waals surface area contributed by atoms with Gasteiger partial charge in [-0.05, 0) is 0 Å². The molecular formula is H13N5O10P3+3. The van der Waals surface area contributed by atoms with E-state index in [0.29, 0.717) is 0 Å². The van der Waals surface area contributed by atoms with Gasteiger partial charge in [0, 0.05) is 0 Å². The highest BCUT2D eigenvalue weighted by Crippen LogP contribution is 2.79. The van der Waals surface area contributed by atoms with Crippen LogP contribution in [0, 0.1) is 0 Å². The van der Waals surface area contributed by atoms with E-state index in [-0.39, 0.29) is 0 Å². The van der Waals surface area contributed by atoms with Gasteiger partial charge in [-0.3, -0.25) is 0 Å². The first kappa shape index (κ1) is 18.7. The molecule has 18 heteroatoms. The molecule has 0 spiro atoms. The zero-order chi connectivity index (χ0) is 14.4. The van der Waals surface area contributed by atoms with Gasteiger partial charge in [0.05, 0.1) is 0 Å². The van der Waals surface area contributed by atoms with Crippen LogP contribution < -0.4 is 29.5 Å². The summed E-state index contributed by atoms with van der Waals surface area (Å²) in [6, 6.07) is 0. The van der Waals surface area contributed by atoms with E-state index in [1.54, 1.807) is 0 Å². The Hall–Kier alpha value is 0.690. The van der Waals surface area contributed by atoms with Gasteiger partial charge in [0.1, 0.15) is 8.62 Å². The summed E-state index contributed by atoms with van der Waals surface area (Å²) in [4.78, 5) is 28.1. The molecule has 0 saturated carbocycles. The van der Waals surface area contributed by atoms with Gasteiger partial charge in [0.25, 0.3) is 0 Å². The van der Waals surface area contributed by atoms with Gasteiger partial charge < -0.3 is 0 Å². The average molecular weight is 336 g/mol. The molecule has 0 fully saturated rings. The zero-order valence-electron chi connectivity index (χ0n) is 8.43. The second-order valence-electron chi connectivity index (χ2n) is 2.10. The number of nitrogens with two attached hydrogens (primary N) is 5. The van der Waals surface area contributed by atoms with Gasteiger partial charge in [-0.25, -0.2) is 0 Å². The SMILES string of the molecule is NO[P+](O)(ON)O[P+](O)(ON)O[P+](O)(ON)ON. The van der Waals surface area contributed by atoms with Crippen molar-refractivity contribution in [3.8, 4) is 0 Å². The van der Waals surface area contributed by atoms with Crippen molar-refractivity contribution >= 4 is 24.5 Å². The van der Waals surface area contributed by atoms with Crippen LogP contribution >= 0.6 is 24.5 Å². The lowest BCUT2D eigenvalue weighted by Gasteiger charge is -2.12. The van der Waals surface area contributed by atoms with Crippen LogP contribution in [0.4, 0.5) is 0 Å². The molecule has 0 bridgehead atoms. The van der Waals surface area contributed by atoms with Gasteiger partial charge >= 0.3 is 24.5 Å². The van der Waals surface area contributed by atoms with E-state index in [0.717, 1.165) is 0 Å². The summed E-state index contributed by atoms with van der Waals surface area (Å²) in [7, 11) is -13.6. The third kappa shape index (κ3) is 5.36. The molecule has 0 heterocycles. The van der Waals surface area contributed by atoms with Crippen molar-refractivity contribution in [3.05, 3.63) is 0 Å². The fourth-order valence-corrected chi connectivity index (χ4v) is 3.94. The van der Waals surface area contributed by atoms with Crippen molar-refractivity contribution in [2.75, 3.05) is 0 Å². The first-order valence-corrected chi connectivity index (χ1v) is 7.91. The molecule has 0 atom stereocenters. The maximum Gasteiger partial charge on any atom is 0.687 e. The van der Waals surface area contributed by atoms with Crippen molar-refractivity contribution in [2.24, 2.45) is 29.5 Å². The van der Waals surface area contributed by atoms with Crippen molar-refractivity contribution in [1.82, 2.24) is 0 Å². The number of hydrogen-bond acceptors (Lipinski definition) is 15. The van der Waals surface area contributed by atoms with Crippen molar-refractivity contribution < 1.29 is 46.4 Å². The number of hydrogen-bond donors (Lipinski definition) is 8. The van der Waals surface area contributed by atoms with Gasteiger partial charge in [-0.2, -0.15) is 44.2 Å². The molecule has 0 radical (unpaired) electrons. The Kier molecular flexibility index (Phi) is 7.75. The summed E-state index contributed by atoms with van der Waals surface area (Å²) in [5, 5.41) is 0. The minimum absolute atomic E-state index is 3.80. The molecule has 15 nitrogen and oxygen atoms in total. The van der Waals surface area contributed by atoms with E-state index in [1.807, 2.05) is 0 Å². The summed E-state index contributed by atoms with van der Waals surface area (Å²) >= 11 is 0. The molecular weight excluding hydrogens is 323 g/mol. The Morgan fingerprint density at radius 2 is 0.722 bits per heavy atom. The van der Waals surface area contributed by atoms with Gasteiger partial charge in [-0.1, -0.05) is 23.1 Å². The molecule has 0 aromatic heterocycles. The van der Waals surface area contributed by atoms with Crippen LogP contribution in [0.2, 0.25) is 0 Å². The third-order valence-electron chi connectivity index (χ3n) is 1.08. The Labute approximate surface area is 101 Å². The van der Waals surface area contributed by atoms with Crippen LogP contribution in [0.3, 0.4) is 0 Å². The molecule has 0 aliphatic heterocycles. The summed E-state index contributed by atoms with van der Waals surface area (Å²) in [5.41, 5.74) is 0. The Balaban J connectivity index is 4.91. The van der Waals surface area contributed by atoms with E-state index >= 15 is 0 Å². The molecule has 0 aromatic rings. The zero-order valence-corrected chi connectivity index (χ0v) is 11.1. The minimum atomic E-state index is -4.70. The molecule has 0 saturated heterocycles. The standard InChI is InChI=1S/H13N5O10P3/c1-9-16(6,10-2)14-18(8,13-5)15-17(7,11-3)12-4/h6-8H,1-5H2/q+3. The largest absolute Gasteiger partial charge is 0.687 e. The second kappa shape index (κ2) is 7.47. The smallest absolute Gasteiger partial charge is 0.167 e. The predicted molar refractivity (Wildman–Crippen MR) is 55.9 cm³/mol. The second-order valence-corrected chi connectivity index (χ2v) is 7.27. The van der Waals surface area contributed by atoms with Crippen LogP contribution in [0.15, 0.2) is 0 Å². The van der Waals surface area contributed by atoms with Crippen LogP contribution in [-0.2, 0) is 31.7 Å². The van der Waals surface area contributed by atoms with Crippen molar-refractivity contribution in [2.45, 2.75) is 0 Å². The highest BCUT2D eigenvalue weighted by Gasteiger charge is 2.75. The molecule has 18 heavy (non-hydrogen) atoms. The highest BCUT2D eigenvalue weighted by molar-refractivity contribution is 7.74. The van der Waals surface area contributed by atoms with Crippen LogP contribution in [0.25, 0.3) is 0 Å². The minimum Gasteiger partial charge on any atom is -0.167 e. The fraction of sp³-hybridized carbons (Fsp3) is 0. The Morgan fingerprint density at radius 3 is 0.889 bits per heavy atom. The lowest BCUT2D eigenvalue weighted by molar-refractivity contribution is 0.0656. The van der Waals surface area contributed by atoms with Crippen LogP contribution in [0.5, 0.6) is 0 Å². The lowest BCUT2D eigenvalue weighted by atomic mass is 13.6. The first-order chi connectivity index (χ1) is 8.22. The maximum absolute atomic E-state index is 9.53. The lowest BCUT2D eigenvalue weighted by Crippen LogP contribution is -2.20. The van der Waals surface area contributed by atoms with Gasteiger partial charge in [-0.15, -0.1) is 0 Å². The topological polar surface area (TPSA) is 255 Å². The third-order valence-corrected chi connectivity index (χ3v) is 5.71. The van der Waals surface area contributed by atoms with Crippen LogP contribution in [0.1, 0.15) is 0 Å². The molecule has 0 aliphatic carbocycles. The van der Waals surface area contributed by atoms with Crippen molar-refractivity contribution in [3.63, 3.8) is 0 Å². The summed E-state index contributed by atoms with van der Waals surface area (Å²) in [6.45, 7) is 0.